The third-order valence-corrected chi connectivity index (χ3v) is 5.07. The fourth-order valence-electron chi connectivity index (χ4n) is 3.02. The number of carbonyl (C=O) groups is 1. The van der Waals surface area contributed by atoms with Gasteiger partial charge in [-0.3, -0.25) is 4.79 Å². The van der Waals surface area contributed by atoms with Crippen molar-refractivity contribution in [2.24, 2.45) is 5.73 Å². The van der Waals surface area contributed by atoms with Crippen molar-refractivity contribution < 1.29 is 9.53 Å². The Balaban J connectivity index is 2.04. The maximum atomic E-state index is 13.0. The van der Waals surface area contributed by atoms with E-state index in [-0.39, 0.29) is 17.4 Å². The van der Waals surface area contributed by atoms with Gasteiger partial charge in [0.15, 0.2) is 0 Å². The fourth-order valence-corrected chi connectivity index (χ4v) is 3.43. The number of amides is 1. The van der Waals surface area contributed by atoms with Gasteiger partial charge in [0.2, 0.25) is 5.88 Å². The number of anilines is 1. The molecule has 1 amide bonds. The Morgan fingerprint density at radius 2 is 1.85 bits per heavy atom. The molecule has 0 aromatic heterocycles. The van der Waals surface area contributed by atoms with Gasteiger partial charge in [0.05, 0.1) is 11.5 Å². The minimum atomic E-state index is -0.580. The number of nitrogens with zero attached hydrogens (tertiary/aromatic N) is 1. The molecule has 1 atom stereocenters. The molecule has 0 unspecified atom stereocenters. The van der Waals surface area contributed by atoms with Crippen LogP contribution in [0.1, 0.15) is 18.4 Å². The Kier molecular flexibility index (Phi) is 5.53. The maximum absolute atomic E-state index is 13.0. The number of carbonyl (C=O) groups excluding carboxylic acids is 1. The minimum Gasteiger partial charge on any atom is -0.445 e. The summed E-state index contributed by atoms with van der Waals surface area (Å²) in [5.41, 5.74) is 8.03. The molecule has 27 heavy (non-hydrogen) atoms. The minimum absolute atomic E-state index is 0.0326. The predicted molar refractivity (Wildman–Crippen MR) is 107 cm³/mol. The molecule has 2 aromatic rings. The summed E-state index contributed by atoms with van der Waals surface area (Å²) in [7, 11) is 0. The summed E-state index contributed by atoms with van der Waals surface area (Å²) in [6.07, 6.45) is 1.99. The van der Waals surface area contributed by atoms with Crippen molar-refractivity contribution in [2.75, 3.05) is 11.6 Å². The molecule has 0 radical (unpaired) electrons. The second-order valence-electron chi connectivity index (χ2n) is 5.99. The lowest BCUT2D eigenvalue weighted by molar-refractivity contribution is -0.113. The molecular weight excluding hydrogens is 358 g/mol. The molecule has 2 aromatic carbocycles. The first-order chi connectivity index (χ1) is 13.0. The number of nitrogens with two attached hydrogens (primary N) is 1. The third-order valence-electron chi connectivity index (χ3n) is 4.33. The van der Waals surface area contributed by atoms with E-state index in [1.54, 1.807) is 30.8 Å². The van der Waals surface area contributed by atoms with E-state index >= 15 is 0 Å². The van der Waals surface area contributed by atoms with Gasteiger partial charge in [-0.05, 0) is 43.0 Å². The van der Waals surface area contributed by atoms with E-state index in [2.05, 4.69) is 11.4 Å². The van der Waals surface area contributed by atoms with Gasteiger partial charge < -0.3 is 15.8 Å². The molecule has 0 aliphatic carbocycles. The normalized spacial score (nSPS) is 16.6. The van der Waals surface area contributed by atoms with E-state index in [1.807, 2.05) is 48.7 Å². The number of allylic oxidation sites excluding steroid dienone is 2. The van der Waals surface area contributed by atoms with Crippen LogP contribution in [0.2, 0.25) is 0 Å². The average Bonchev–Trinajstić information content (AvgIpc) is 2.68. The fraction of sp³-hybridized carbons (Fsp3) is 0.143. The van der Waals surface area contributed by atoms with Gasteiger partial charge >= 0.3 is 0 Å². The standard InChI is InChI=1S/C21H19N3O2S/c1-13-18(21(25)24-15-6-4-3-5-7-15)19(17(12-22)20(23)26-13)14-8-10-16(27-2)11-9-14/h3-11,19H,23H2,1-2H3,(H,24,25)/t19-/m0/s1. The SMILES string of the molecule is CSc1ccc([C@H]2C(C#N)=C(N)OC(C)=C2C(=O)Nc2ccccc2)cc1. The third kappa shape index (κ3) is 3.83. The molecule has 1 heterocycles. The van der Waals surface area contributed by atoms with Crippen LogP contribution in [0.5, 0.6) is 0 Å². The number of ether oxygens (including phenoxy) is 1. The van der Waals surface area contributed by atoms with Crippen molar-refractivity contribution in [3.8, 4) is 6.07 Å². The monoisotopic (exact) mass is 377 g/mol. The van der Waals surface area contributed by atoms with Crippen LogP contribution in [0.3, 0.4) is 0 Å². The smallest absolute Gasteiger partial charge is 0.255 e. The zero-order valence-electron chi connectivity index (χ0n) is 15.0. The largest absolute Gasteiger partial charge is 0.445 e. The van der Waals surface area contributed by atoms with Gasteiger partial charge in [0.1, 0.15) is 17.4 Å². The van der Waals surface area contributed by atoms with E-state index in [0.717, 1.165) is 10.5 Å². The Hall–Kier alpha value is -3.17. The van der Waals surface area contributed by atoms with Crippen molar-refractivity contribution >= 4 is 23.4 Å². The van der Waals surface area contributed by atoms with Crippen LogP contribution in [0.25, 0.3) is 0 Å². The maximum Gasteiger partial charge on any atom is 0.255 e. The summed E-state index contributed by atoms with van der Waals surface area (Å²) >= 11 is 1.62. The molecule has 136 valence electrons. The molecular formula is C21H19N3O2S. The van der Waals surface area contributed by atoms with Crippen LogP contribution < -0.4 is 11.1 Å². The van der Waals surface area contributed by atoms with Crippen LogP contribution in [-0.4, -0.2) is 12.2 Å². The van der Waals surface area contributed by atoms with Crippen LogP contribution in [0, 0.1) is 11.3 Å². The van der Waals surface area contributed by atoms with Crippen molar-refractivity contribution in [2.45, 2.75) is 17.7 Å². The lowest BCUT2D eigenvalue weighted by Crippen LogP contribution is -2.27. The Bertz CT molecular complexity index is 957. The summed E-state index contributed by atoms with van der Waals surface area (Å²) in [4.78, 5) is 14.1. The number of thioether (sulfide) groups is 1. The van der Waals surface area contributed by atoms with Crippen LogP contribution in [0.15, 0.2) is 82.3 Å². The second kappa shape index (κ2) is 8.02. The molecule has 0 fully saturated rings. The second-order valence-corrected chi connectivity index (χ2v) is 6.87. The molecule has 1 aliphatic rings. The van der Waals surface area contributed by atoms with Gasteiger partial charge in [-0.1, -0.05) is 30.3 Å². The molecule has 0 saturated heterocycles. The van der Waals surface area contributed by atoms with Crippen LogP contribution in [0.4, 0.5) is 5.69 Å². The lowest BCUT2D eigenvalue weighted by atomic mass is 9.82. The van der Waals surface area contributed by atoms with Gasteiger partial charge in [-0.25, -0.2) is 0 Å². The summed E-state index contributed by atoms with van der Waals surface area (Å²) in [6, 6.07) is 19.0. The highest BCUT2D eigenvalue weighted by atomic mass is 32.2. The summed E-state index contributed by atoms with van der Waals surface area (Å²) in [6.45, 7) is 1.68. The summed E-state index contributed by atoms with van der Waals surface area (Å²) < 4.78 is 5.51. The number of hydrogen-bond donors (Lipinski definition) is 2. The highest BCUT2D eigenvalue weighted by Gasteiger charge is 2.35. The summed E-state index contributed by atoms with van der Waals surface area (Å²) in [5, 5.41) is 12.5. The lowest BCUT2D eigenvalue weighted by Gasteiger charge is -2.27. The molecule has 3 N–H and O–H groups in total. The Labute approximate surface area is 162 Å². The van der Waals surface area contributed by atoms with Gasteiger partial charge in [0.25, 0.3) is 5.91 Å². The van der Waals surface area contributed by atoms with Crippen molar-refractivity contribution in [3.63, 3.8) is 0 Å². The number of nitriles is 1. The number of benzene rings is 2. The topological polar surface area (TPSA) is 88.1 Å². The Morgan fingerprint density at radius 3 is 2.44 bits per heavy atom. The van der Waals surface area contributed by atoms with Crippen molar-refractivity contribution in [3.05, 3.63) is 82.9 Å². The molecule has 6 heteroatoms. The number of hydrogen-bond acceptors (Lipinski definition) is 5. The van der Waals surface area contributed by atoms with Gasteiger partial charge in [0, 0.05) is 10.6 Å². The van der Waals surface area contributed by atoms with Gasteiger partial charge in [-0.15, -0.1) is 11.8 Å². The summed E-state index contributed by atoms with van der Waals surface area (Å²) in [5.74, 6) is -0.481. The van der Waals surface area contributed by atoms with Crippen LogP contribution >= 0.6 is 11.8 Å². The highest BCUT2D eigenvalue weighted by Crippen LogP contribution is 2.39. The average molecular weight is 377 g/mol. The van der Waals surface area contributed by atoms with E-state index in [9.17, 15) is 10.1 Å². The number of nitrogens with one attached hydrogen (secondary N) is 1. The van der Waals surface area contributed by atoms with Gasteiger partial charge in [-0.2, -0.15) is 5.26 Å². The van der Waals surface area contributed by atoms with E-state index in [0.29, 0.717) is 17.0 Å². The van der Waals surface area contributed by atoms with E-state index in [4.69, 9.17) is 10.5 Å². The molecule has 3 rings (SSSR count). The molecule has 0 bridgehead atoms. The van der Waals surface area contributed by atoms with E-state index < -0.39 is 5.92 Å². The number of para-hydroxylation sites is 1. The first-order valence-corrected chi connectivity index (χ1v) is 9.56. The molecule has 1 aliphatic heterocycles. The molecule has 0 spiro atoms. The predicted octanol–water partition coefficient (Wildman–Crippen LogP) is 4.13. The first-order valence-electron chi connectivity index (χ1n) is 8.34. The Morgan fingerprint density at radius 1 is 1.19 bits per heavy atom. The van der Waals surface area contributed by atoms with Crippen molar-refractivity contribution in [1.82, 2.24) is 0 Å². The zero-order chi connectivity index (χ0) is 19.4. The van der Waals surface area contributed by atoms with E-state index in [1.165, 1.54) is 0 Å². The van der Waals surface area contributed by atoms with Crippen LogP contribution in [-0.2, 0) is 9.53 Å². The quantitative estimate of drug-likeness (QED) is 0.782. The first kappa shape index (κ1) is 18.6. The van der Waals surface area contributed by atoms with Crippen molar-refractivity contribution in [1.29, 1.82) is 5.26 Å². The highest BCUT2D eigenvalue weighted by molar-refractivity contribution is 7.98. The zero-order valence-corrected chi connectivity index (χ0v) is 15.8. The number of rotatable bonds is 4. The molecule has 5 nitrogen and oxygen atoms in total. The molecule has 0 saturated carbocycles.